The highest BCUT2D eigenvalue weighted by Crippen LogP contribution is 2.42. The second-order valence-corrected chi connectivity index (χ2v) is 6.39. The van der Waals surface area contributed by atoms with Crippen molar-refractivity contribution < 1.29 is 0 Å². The Morgan fingerprint density at radius 2 is 1.47 bits per heavy atom. The molecule has 0 saturated heterocycles. The maximum Gasteiger partial charge on any atom is 0.0722 e. The molecule has 100 valence electrons. The van der Waals surface area contributed by atoms with Gasteiger partial charge < -0.3 is 9.80 Å². The van der Waals surface area contributed by atoms with Crippen LogP contribution in [0.15, 0.2) is 48.6 Å². The third-order valence-corrected chi connectivity index (χ3v) is 4.07. The quantitative estimate of drug-likeness (QED) is 0.698. The molecule has 0 saturated carbocycles. The lowest BCUT2D eigenvalue weighted by Crippen LogP contribution is -2.59. The van der Waals surface area contributed by atoms with Gasteiger partial charge in [0.25, 0.3) is 0 Å². The van der Waals surface area contributed by atoms with E-state index < -0.39 is 0 Å². The molecule has 2 unspecified atom stereocenters. The Hall–Kier alpha value is -1.70. The van der Waals surface area contributed by atoms with Crippen LogP contribution in [-0.2, 0) is 0 Å². The van der Waals surface area contributed by atoms with Gasteiger partial charge in [0.1, 0.15) is 0 Å². The molecule has 2 nitrogen and oxygen atoms in total. The summed E-state index contributed by atoms with van der Waals surface area (Å²) in [6.45, 7) is 6.87. The molecule has 0 spiro atoms. The van der Waals surface area contributed by atoms with Gasteiger partial charge in [-0.25, -0.2) is 0 Å². The Morgan fingerprint density at radius 1 is 0.895 bits per heavy atom. The zero-order chi connectivity index (χ0) is 13.6. The fourth-order valence-corrected chi connectivity index (χ4v) is 3.28. The monoisotopic (exact) mass is 254 g/mol. The zero-order valence-corrected chi connectivity index (χ0v) is 12.2. The van der Waals surface area contributed by atoms with Crippen LogP contribution >= 0.6 is 0 Å². The van der Waals surface area contributed by atoms with E-state index in [1.165, 1.54) is 11.4 Å². The number of para-hydroxylation sites is 2. The molecule has 0 bridgehead atoms. The highest BCUT2D eigenvalue weighted by Gasteiger charge is 2.40. The SMILES string of the molecule is CN1c2ccccc2N(C(C)(C)C)C2C=CC=CC21. The summed E-state index contributed by atoms with van der Waals surface area (Å²) >= 11 is 0. The zero-order valence-electron chi connectivity index (χ0n) is 12.2. The Balaban J connectivity index is 2.19. The van der Waals surface area contributed by atoms with Crippen LogP contribution in [-0.4, -0.2) is 24.7 Å². The second kappa shape index (κ2) is 4.16. The number of rotatable bonds is 0. The fraction of sp³-hybridized carbons (Fsp3) is 0.412. The molecule has 0 aromatic heterocycles. The van der Waals surface area contributed by atoms with Gasteiger partial charge in [0.05, 0.1) is 23.5 Å². The van der Waals surface area contributed by atoms with E-state index >= 15 is 0 Å². The van der Waals surface area contributed by atoms with E-state index in [1.807, 2.05) is 0 Å². The molecule has 1 aliphatic heterocycles. The Morgan fingerprint density at radius 3 is 2.11 bits per heavy atom. The molecule has 0 N–H and O–H groups in total. The van der Waals surface area contributed by atoms with Gasteiger partial charge in [-0.2, -0.15) is 0 Å². The molecule has 0 fully saturated rings. The molecular weight excluding hydrogens is 232 g/mol. The van der Waals surface area contributed by atoms with Gasteiger partial charge in [0.2, 0.25) is 0 Å². The van der Waals surface area contributed by atoms with Gasteiger partial charge in [-0.1, -0.05) is 36.4 Å². The van der Waals surface area contributed by atoms with Crippen LogP contribution in [0.2, 0.25) is 0 Å². The summed E-state index contributed by atoms with van der Waals surface area (Å²) in [6.07, 6.45) is 8.95. The summed E-state index contributed by atoms with van der Waals surface area (Å²) < 4.78 is 0. The normalized spacial score (nSPS) is 25.3. The molecule has 0 radical (unpaired) electrons. The summed E-state index contributed by atoms with van der Waals surface area (Å²) in [4.78, 5) is 4.94. The van der Waals surface area contributed by atoms with Crippen molar-refractivity contribution in [2.75, 3.05) is 16.8 Å². The number of hydrogen-bond acceptors (Lipinski definition) is 2. The first-order chi connectivity index (χ1) is 9.00. The molecular formula is C17H22N2. The number of allylic oxidation sites excluding steroid dienone is 2. The first-order valence-corrected chi connectivity index (χ1v) is 6.96. The van der Waals surface area contributed by atoms with Crippen LogP contribution in [0.1, 0.15) is 20.8 Å². The number of anilines is 2. The minimum atomic E-state index is 0.107. The predicted octanol–water partition coefficient (Wildman–Crippen LogP) is 3.60. The van der Waals surface area contributed by atoms with Crippen LogP contribution in [0.4, 0.5) is 11.4 Å². The molecule has 2 heteroatoms. The minimum Gasteiger partial charge on any atom is -0.364 e. The van der Waals surface area contributed by atoms with E-state index in [2.05, 4.69) is 86.2 Å². The van der Waals surface area contributed by atoms with E-state index in [0.29, 0.717) is 12.1 Å². The first-order valence-electron chi connectivity index (χ1n) is 6.96. The first kappa shape index (κ1) is 12.3. The standard InChI is InChI=1S/C17H22N2/c1-17(2,3)19-15-11-7-5-9-13(15)18(4)14-10-6-8-12-16(14)19/h5-13,15H,1-4H3. The van der Waals surface area contributed by atoms with Crippen molar-refractivity contribution >= 4 is 11.4 Å². The van der Waals surface area contributed by atoms with E-state index in [9.17, 15) is 0 Å². The smallest absolute Gasteiger partial charge is 0.0722 e. The molecule has 0 amide bonds. The third-order valence-electron chi connectivity index (χ3n) is 4.07. The Bertz CT molecular complexity index is 536. The average Bonchev–Trinajstić information content (AvgIpc) is 2.38. The molecule has 19 heavy (non-hydrogen) atoms. The van der Waals surface area contributed by atoms with E-state index in [4.69, 9.17) is 0 Å². The van der Waals surface area contributed by atoms with Crippen molar-refractivity contribution in [3.63, 3.8) is 0 Å². The Kier molecular flexibility index (Phi) is 2.70. The molecule has 1 heterocycles. The fourth-order valence-electron chi connectivity index (χ4n) is 3.28. The van der Waals surface area contributed by atoms with Crippen molar-refractivity contribution in [3.8, 4) is 0 Å². The lowest BCUT2D eigenvalue weighted by Gasteiger charge is -2.53. The predicted molar refractivity (Wildman–Crippen MR) is 82.9 cm³/mol. The number of likely N-dealkylation sites (N-methyl/N-ethyl adjacent to an activating group) is 1. The highest BCUT2D eigenvalue weighted by molar-refractivity contribution is 5.77. The van der Waals surface area contributed by atoms with Gasteiger partial charge in [-0.3, -0.25) is 0 Å². The lowest BCUT2D eigenvalue weighted by atomic mass is 9.90. The summed E-state index contributed by atoms with van der Waals surface area (Å²) in [6, 6.07) is 9.53. The summed E-state index contributed by atoms with van der Waals surface area (Å²) in [5, 5.41) is 0. The highest BCUT2D eigenvalue weighted by atomic mass is 15.3. The molecule has 1 aromatic rings. The summed E-state index contributed by atoms with van der Waals surface area (Å²) in [7, 11) is 2.19. The molecule has 3 rings (SSSR count). The van der Waals surface area contributed by atoms with E-state index in [-0.39, 0.29) is 5.54 Å². The molecule has 2 aliphatic rings. The number of benzene rings is 1. The molecule has 1 aliphatic carbocycles. The van der Waals surface area contributed by atoms with Crippen LogP contribution < -0.4 is 9.80 Å². The van der Waals surface area contributed by atoms with Gasteiger partial charge in [-0.05, 0) is 32.9 Å². The van der Waals surface area contributed by atoms with E-state index in [0.717, 1.165) is 0 Å². The van der Waals surface area contributed by atoms with Crippen LogP contribution in [0.3, 0.4) is 0 Å². The topological polar surface area (TPSA) is 6.48 Å². The summed E-state index contributed by atoms with van der Waals surface area (Å²) in [5.74, 6) is 0. The van der Waals surface area contributed by atoms with Crippen molar-refractivity contribution in [3.05, 3.63) is 48.6 Å². The van der Waals surface area contributed by atoms with Gasteiger partial charge in [0.15, 0.2) is 0 Å². The minimum absolute atomic E-state index is 0.107. The lowest BCUT2D eigenvalue weighted by molar-refractivity contribution is 0.434. The van der Waals surface area contributed by atoms with Gasteiger partial charge in [-0.15, -0.1) is 0 Å². The van der Waals surface area contributed by atoms with Gasteiger partial charge in [0, 0.05) is 12.6 Å². The van der Waals surface area contributed by atoms with Crippen LogP contribution in [0.25, 0.3) is 0 Å². The van der Waals surface area contributed by atoms with Crippen molar-refractivity contribution in [2.24, 2.45) is 0 Å². The largest absolute Gasteiger partial charge is 0.364 e. The third kappa shape index (κ3) is 1.86. The van der Waals surface area contributed by atoms with Gasteiger partial charge >= 0.3 is 0 Å². The van der Waals surface area contributed by atoms with E-state index in [1.54, 1.807) is 0 Å². The number of fused-ring (bicyclic) bond motifs is 2. The maximum atomic E-state index is 2.55. The van der Waals surface area contributed by atoms with Crippen molar-refractivity contribution in [2.45, 2.75) is 38.4 Å². The van der Waals surface area contributed by atoms with Crippen LogP contribution in [0.5, 0.6) is 0 Å². The molecule has 1 aromatic carbocycles. The number of nitrogens with zero attached hydrogens (tertiary/aromatic N) is 2. The maximum absolute atomic E-state index is 2.55. The second-order valence-electron chi connectivity index (χ2n) is 6.39. The molecule has 2 atom stereocenters. The van der Waals surface area contributed by atoms with Crippen molar-refractivity contribution in [1.82, 2.24) is 0 Å². The summed E-state index contributed by atoms with van der Waals surface area (Å²) in [5.41, 5.74) is 2.76. The number of hydrogen-bond donors (Lipinski definition) is 0. The Labute approximate surface area is 116 Å². The average molecular weight is 254 g/mol. The van der Waals surface area contributed by atoms with Crippen LogP contribution in [0, 0.1) is 0 Å². The van der Waals surface area contributed by atoms with Crippen molar-refractivity contribution in [1.29, 1.82) is 0 Å².